The third-order valence-corrected chi connectivity index (χ3v) is 9.04. The number of aromatic nitrogens is 2. The highest BCUT2D eigenvalue weighted by Crippen LogP contribution is 2.43. The number of fused-ring (bicyclic) bond motifs is 1. The van der Waals surface area contributed by atoms with Gasteiger partial charge in [-0.3, -0.25) is 19.8 Å². The number of methoxy groups -OCH3 is 1. The highest BCUT2D eigenvalue weighted by Gasteiger charge is 2.40. The van der Waals surface area contributed by atoms with Crippen molar-refractivity contribution in [3.63, 3.8) is 0 Å². The number of anilines is 2. The number of nitrogens with one attached hydrogen (secondary N) is 1. The zero-order valence-corrected chi connectivity index (χ0v) is 28.3. The molecule has 2 amide bonds. The molecule has 1 unspecified atom stereocenters. The summed E-state index contributed by atoms with van der Waals surface area (Å²) >= 11 is 0. The molecule has 2 aliphatic heterocycles. The smallest absolute Gasteiger partial charge is 0.416 e. The number of esters is 1. The van der Waals surface area contributed by atoms with E-state index in [4.69, 9.17) is 9.47 Å². The number of rotatable bonds is 9. The average Bonchev–Trinajstić information content (AvgIpc) is 3.11. The summed E-state index contributed by atoms with van der Waals surface area (Å²) in [4.78, 5) is 49.1. The first-order chi connectivity index (χ1) is 24.5. The van der Waals surface area contributed by atoms with Crippen LogP contribution in [0, 0.1) is 0 Å². The van der Waals surface area contributed by atoms with Crippen LogP contribution in [0.4, 0.5) is 42.5 Å². The Morgan fingerprint density at radius 2 is 1.58 bits per heavy atom. The molecule has 18 heteroatoms. The Labute approximate surface area is 294 Å². The van der Waals surface area contributed by atoms with Crippen LogP contribution in [0.1, 0.15) is 66.9 Å². The second-order valence-corrected chi connectivity index (χ2v) is 12.3. The Kier molecular flexibility index (Phi) is 11.2. The van der Waals surface area contributed by atoms with E-state index in [1.54, 1.807) is 19.1 Å². The van der Waals surface area contributed by atoms with Crippen molar-refractivity contribution in [3.8, 4) is 5.75 Å². The van der Waals surface area contributed by atoms with Gasteiger partial charge >= 0.3 is 24.4 Å². The predicted molar refractivity (Wildman–Crippen MR) is 174 cm³/mol. The number of carbonyl (C=O) groups is 3. The number of amides is 2. The largest absolute Gasteiger partial charge is 0.497 e. The van der Waals surface area contributed by atoms with Crippen molar-refractivity contribution in [2.75, 3.05) is 49.7 Å². The summed E-state index contributed by atoms with van der Waals surface area (Å²) < 4.78 is 94.3. The summed E-state index contributed by atoms with van der Waals surface area (Å²) in [6.07, 6.45) is -8.21. The van der Waals surface area contributed by atoms with Gasteiger partial charge in [0.05, 0.1) is 48.0 Å². The Balaban J connectivity index is 1.53. The number of benzene rings is 2. The summed E-state index contributed by atoms with van der Waals surface area (Å²) in [5.74, 6) is -0.732. The van der Waals surface area contributed by atoms with E-state index in [2.05, 4.69) is 15.3 Å². The first kappa shape index (κ1) is 38.1. The quantitative estimate of drug-likeness (QED) is 0.204. The van der Waals surface area contributed by atoms with Crippen molar-refractivity contribution in [3.05, 3.63) is 76.9 Å². The molecule has 0 bridgehead atoms. The average molecular weight is 739 g/mol. The molecule has 2 aromatic carbocycles. The number of carbonyl (C=O) groups excluding carboxylic acids is 2. The lowest BCUT2D eigenvalue weighted by Gasteiger charge is -2.40. The van der Waals surface area contributed by atoms with E-state index >= 15 is 0 Å². The van der Waals surface area contributed by atoms with Gasteiger partial charge in [0.2, 0.25) is 0 Å². The second-order valence-electron chi connectivity index (χ2n) is 12.3. The van der Waals surface area contributed by atoms with E-state index < -0.39 is 65.8 Å². The molecule has 12 nitrogen and oxygen atoms in total. The minimum absolute atomic E-state index is 0.0414. The van der Waals surface area contributed by atoms with E-state index in [0.717, 1.165) is 0 Å². The van der Waals surface area contributed by atoms with E-state index in [9.17, 15) is 45.8 Å². The van der Waals surface area contributed by atoms with Crippen LogP contribution in [0.25, 0.3) is 0 Å². The van der Waals surface area contributed by atoms with Crippen molar-refractivity contribution in [1.29, 1.82) is 0 Å². The van der Waals surface area contributed by atoms with Crippen LogP contribution >= 0.6 is 0 Å². The lowest BCUT2D eigenvalue weighted by molar-refractivity contribution is -0.150. The number of alkyl halides is 6. The minimum Gasteiger partial charge on any atom is -0.497 e. The summed E-state index contributed by atoms with van der Waals surface area (Å²) in [6, 6.07) is 3.13. The zero-order chi connectivity index (χ0) is 38.0. The van der Waals surface area contributed by atoms with Gasteiger partial charge in [0, 0.05) is 45.2 Å². The summed E-state index contributed by atoms with van der Waals surface area (Å²) in [7, 11) is 1.40. The van der Waals surface area contributed by atoms with Crippen molar-refractivity contribution in [2.24, 2.45) is 0 Å². The standard InChI is InChI=1S/C34H36F6N6O6/c1-4-23-14-27(26-15-25(51-3)5-6-28(26)46(23)32(49)50)43-30(20-11-21(33(35,36)37)13-22(12-20)34(38,39)40)31-41-16-24(17-42-31)44-7-9-45(10-8-44)29(48)18-52-19(2)47/h5-6,11-13,15-17,23,27,30,43H,4,7-10,14,18H2,1-3H3,(H,49,50)/t23-,27+,30?/m1/s1. The Morgan fingerprint density at radius 1 is 0.962 bits per heavy atom. The van der Waals surface area contributed by atoms with Crippen molar-refractivity contribution < 1.29 is 55.3 Å². The van der Waals surface area contributed by atoms with Crippen LogP contribution in [-0.2, 0) is 26.7 Å². The van der Waals surface area contributed by atoms with E-state index in [-0.39, 0.29) is 43.0 Å². The summed E-state index contributed by atoms with van der Waals surface area (Å²) in [6.45, 7) is 3.83. The van der Waals surface area contributed by atoms with Gasteiger partial charge in [-0.1, -0.05) is 6.92 Å². The van der Waals surface area contributed by atoms with E-state index in [1.807, 2.05) is 4.90 Å². The molecule has 3 heterocycles. The maximum absolute atomic E-state index is 14.0. The molecular formula is C34H36F6N6O6. The number of ether oxygens (including phenoxy) is 2. The van der Waals surface area contributed by atoms with Crippen LogP contribution < -0.4 is 19.9 Å². The number of carboxylic acid groups (broad SMARTS) is 1. The van der Waals surface area contributed by atoms with Gasteiger partial charge in [-0.15, -0.1) is 0 Å². The van der Waals surface area contributed by atoms with Crippen LogP contribution in [0.15, 0.2) is 48.8 Å². The molecule has 0 aliphatic carbocycles. The van der Waals surface area contributed by atoms with Gasteiger partial charge in [-0.2, -0.15) is 26.3 Å². The lowest BCUT2D eigenvalue weighted by atomic mass is 9.88. The summed E-state index contributed by atoms with van der Waals surface area (Å²) in [5.41, 5.74) is -2.27. The number of nitrogens with zero attached hydrogens (tertiary/aromatic N) is 5. The van der Waals surface area contributed by atoms with Crippen molar-refractivity contribution >= 4 is 29.3 Å². The molecule has 1 saturated heterocycles. The van der Waals surface area contributed by atoms with Crippen molar-refractivity contribution in [1.82, 2.24) is 20.2 Å². The maximum atomic E-state index is 14.0. The molecule has 0 saturated carbocycles. The Bertz CT molecular complexity index is 1750. The Morgan fingerprint density at radius 3 is 2.10 bits per heavy atom. The highest BCUT2D eigenvalue weighted by atomic mass is 19.4. The fraction of sp³-hybridized carbons (Fsp3) is 0.441. The molecular weight excluding hydrogens is 702 g/mol. The van der Waals surface area contributed by atoms with Crippen LogP contribution in [-0.4, -0.2) is 83.9 Å². The van der Waals surface area contributed by atoms with Gasteiger partial charge in [0.15, 0.2) is 6.61 Å². The van der Waals surface area contributed by atoms with Gasteiger partial charge in [-0.25, -0.2) is 14.8 Å². The SMILES string of the molecule is CC[C@@H]1C[C@H](NC(c2cc(C(F)(F)F)cc(C(F)(F)F)c2)c2ncc(N3CCN(C(=O)COC(C)=O)CC3)cn2)c2cc(OC)ccc2N1C(=O)O. The number of piperazine rings is 1. The third kappa shape index (κ3) is 8.49. The van der Waals surface area contributed by atoms with Gasteiger partial charge < -0.3 is 24.4 Å². The molecule has 280 valence electrons. The van der Waals surface area contributed by atoms with Gasteiger partial charge in [0.1, 0.15) is 11.6 Å². The molecule has 1 aromatic heterocycles. The van der Waals surface area contributed by atoms with Gasteiger partial charge in [-0.05, 0) is 60.4 Å². The molecule has 2 N–H and O–H groups in total. The second kappa shape index (κ2) is 15.2. The monoisotopic (exact) mass is 738 g/mol. The fourth-order valence-corrected chi connectivity index (χ4v) is 6.40. The molecule has 2 aliphatic rings. The maximum Gasteiger partial charge on any atom is 0.416 e. The predicted octanol–water partition coefficient (Wildman–Crippen LogP) is 5.82. The van der Waals surface area contributed by atoms with Gasteiger partial charge in [0.25, 0.3) is 5.91 Å². The lowest BCUT2D eigenvalue weighted by Crippen LogP contribution is -2.50. The first-order valence-corrected chi connectivity index (χ1v) is 16.2. The normalized spacial score (nSPS) is 18.4. The molecule has 0 radical (unpaired) electrons. The molecule has 5 rings (SSSR count). The highest BCUT2D eigenvalue weighted by molar-refractivity contribution is 5.89. The molecule has 3 atom stereocenters. The van der Waals surface area contributed by atoms with Crippen LogP contribution in [0.3, 0.4) is 0 Å². The van der Waals surface area contributed by atoms with E-state index in [1.165, 1.54) is 42.3 Å². The van der Waals surface area contributed by atoms with Crippen LogP contribution in [0.2, 0.25) is 0 Å². The molecule has 0 spiro atoms. The molecule has 52 heavy (non-hydrogen) atoms. The fourth-order valence-electron chi connectivity index (χ4n) is 6.40. The van der Waals surface area contributed by atoms with Crippen molar-refractivity contribution in [2.45, 2.75) is 57.2 Å². The van der Waals surface area contributed by atoms with Crippen LogP contribution in [0.5, 0.6) is 5.75 Å². The molecule has 1 fully saturated rings. The number of hydrogen-bond acceptors (Lipinski definition) is 9. The number of hydrogen-bond donors (Lipinski definition) is 2. The third-order valence-electron chi connectivity index (χ3n) is 9.04. The zero-order valence-electron chi connectivity index (χ0n) is 28.3. The Hall–Kier alpha value is -5.13. The topological polar surface area (TPSA) is 137 Å². The minimum atomic E-state index is -5.12. The number of halogens is 6. The van der Waals surface area contributed by atoms with E-state index in [0.29, 0.717) is 48.6 Å². The molecule has 3 aromatic rings. The summed E-state index contributed by atoms with van der Waals surface area (Å²) in [5, 5.41) is 13.3. The first-order valence-electron chi connectivity index (χ1n) is 16.2.